The third-order valence-electron chi connectivity index (χ3n) is 4.92. The first-order valence-electron chi connectivity index (χ1n) is 10.1. The van der Waals surface area contributed by atoms with Gasteiger partial charge in [0.15, 0.2) is 0 Å². The summed E-state index contributed by atoms with van der Waals surface area (Å²) >= 11 is 0. The minimum absolute atomic E-state index is 0.107. The summed E-state index contributed by atoms with van der Waals surface area (Å²) in [5.74, 6) is -0.121. The van der Waals surface area contributed by atoms with Crippen LogP contribution >= 0.6 is 0 Å². The first kappa shape index (κ1) is 21.2. The zero-order valence-electron chi connectivity index (χ0n) is 17.4. The molecule has 5 nitrogen and oxygen atoms in total. The fourth-order valence-corrected chi connectivity index (χ4v) is 3.30. The van der Waals surface area contributed by atoms with Gasteiger partial charge in [-0.05, 0) is 61.9 Å². The van der Waals surface area contributed by atoms with E-state index >= 15 is 0 Å². The van der Waals surface area contributed by atoms with Crippen molar-refractivity contribution >= 4 is 11.6 Å². The van der Waals surface area contributed by atoms with Gasteiger partial charge < -0.3 is 10.1 Å². The monoisotopic (exact) mass is 433 g/mol. The lowest BCUT2D eigenvalue weighted by molar-refractivity contribution is -0.116. The van der Waals surface area contributed by atoms with Gasteiger partial charge in [-0.15, -0.1) is 0 Å². The third-order valence-corrected chi connectivity index (χ3v) is 4.92. The first-order valence-corrected chi connectivity index (χ1v) is 10.1. The van der Waals surface area contributed by atoms with E-state index in [0.29, 0.717) is 29.4 Å². The molecule has 0 fully saturated rings. The molecule has 1 heterocycles. The Morgan fingerprint density at radius 2 is 1.66 bits per heavy atom. The number of amides is 1. The molecule has 1 amide bonds. The normalized spacial score (nSPS) is 10.7. The van der Waals surface area contributed by atoms with E-state index in [-0.39, 0.29) is 23.8 Å². The highest BCUT2D eigenvalue weighted by Crippen LogP contribution is 2.31. The number of nitrogens with one attached hydrogen (secondary N) is 1. The number of halogens is 2. The molecule has 0 unspecified atom stereocenters. The standard InChI is InChI=1S/C25H21F2N3O2/c1-17-21(15-16-24(31)28-23-10-6-5-9-22(23)27)25(32-20-7-3-2-4-8-20)30(29-17)19-13-11-18(26)12-14-19/h2-14H,15-16H2,1H3,(H,28,31). The number of carbonyl (C=O) groups excluding carboxylic acids is 1. The zero-order valence-corrected chi connectivity index (χ0v) is 17.4. The Hall–Kier alpha value is -4.00. The van der Waals surface area contributed by atoms with Gasteiger partial charge in [0.25, 0.3) is 0 Å². The zero-order chi connectivity index (χ0) is 22.5. The fraction of sp³-hybridized carbons (Fsp3) is 0.120. The van der Waals surface area contributed by atoms with Crippen molar-refractivity contribution in [2.75, 3.05) is 5.32 Å². The van der Waals surface area contributed by atoms with Crippen LogP contribution in [0, 0.1) is 18.6 Å². The Morgan fingerprint density at radius 3 is 2.38 bits per heavy atom. The molecule has 0 aliphatic rings. The van der Waals surface area contributed by atoms with Gasteiger partial charge in [-0.2, -0.15) is 5.10 Å². The number of benzene rings is 3. The van der Waals surface area contributed by atoms with Crippen molar-refractivity contribution in [3.63, 3.8) is 0 Å². The van der Waals surface area contributed by atoms with Gasteiger partial charge in [0.05, 0.1) is 17.1 Å². The van der Waals surface area contributed by atoms with E-state index in [2.05, 4.69) is 10.4 Å². The van der Waals surface area contributed by atoms with E-state index < -0.39 is 5.82 Å². The molecular formula is C25H21F2N3O2. The number of nitrogens with zero attached hydrogens (tertiary/aromatic N) is 2. The van der Waals surface area contributed by atoms with Gasteiger partial charge in [-0.1, -0.05) is 30.3 Å². The van der Waals surface area contributed by atoms with Gasteiger partial charge in [0.2, 0.25) is 11.8 Å². The molecular weight excluding hydrogens is 412 g/mol. The third kappa shape index (κ3) is 4.83. The number of carbonyl (C=O) groups is 1. The maximum absolute atomic E-state index is 13.8. The molecule has 3 aromatic carbocycles. The Kier molecular flexibility index (Phi) is 6.26. The predicted molar refractivity (Wildman–Crippen MR) is 118 cm³/mol. The molecule has 0 aliphatic heterocycles. The van der Waals surface area contributed by atoms with Crippen molar-refractivity contribution in [2.45, 2.75) is 19.8 Å². The summed E-state index contributed by atoms with van der Waals surface area (Å²) in [6, 6.07) is 21.1. The van der Waals surface area contributed by atoms with Crippen molar-refractivity contribution in [1.82, 2.24) is 9.78 Å². The van der Waals surface area contributed by atoms with E-state index in [1.54, 1.807) is 28.9 Å². The number of aryl methyl sites for hydroxylation is 1. The summed E-state index contributed by atoms with van der Waals surface area (Å²) in [7, 11) is 0. The second kappa shape index (κ2) is 9.43. The van der Waals surface area contributed by atoms with E-state index in [9.17, 15) is 13.6 Å². The average Bonchev–Trinajstić information content (AvgIpc) is 3.10. The number of hydrogen-bond acceptors (Lipinski definition) is 3. The molecule has 0 radical (unpaired) electrons. The average molecular weight is 433 g/mol. The van der Waals surface area contributed by atoms with Crippen LogP contribution in [0.15, 0.2) is 78.9 Å². The second-order valence-corrected chi connectivity index (χ2v) is 7.20. The van der Waals surface area contributed by atoms with Crippen LogP contribution in [0.3, 0.4) is 0 Å². The van der Waals surface area contributed by atoms with Crippen LogP contribution in [-0.4, -0.2) is 15.7 Å². The van der Waals surface area contributed by atoms with E-state index in [0.717, 1.165) is 5.56 Å². The number of para-hydroxylation sites is 2. The smallest absolute Gasteiger partial charge is 0.226 e. The molecule has 0 saturated carbocycles. The quantitative estimate of drug-likeness (QED) is 0.399. The van der Waals surface area contributed by atoms with E-state index in [1.165, 1.54) is 24.3 Å². The topological polar surface area (TPSA) is 56.2 Å². The van der Waals surface area contributed by atoms with Gasteiger partial charge in [0.1, 0.15) is 17.4 Å². The van der Waals surface area contributed by atoms with Crippen LogP contribution < -0.4 is 10.1 Å². The molecule has 1 aromatic heterocycles. The Labute approximate surface area is 184 Å². The van der Waals surface area contributed by atoms with Crippen molar-refractivity contribution in [3.8, 4) is 17.3 Å². The van der Waals surface area contributed by atoms with Gasteiger partial charge in [0, 0.05) is 12.0 Å². The fourth-order valence-electron chi connectivity index (χ4n) is 3.30. The van der Waals surface area contributed by atoms with Crippen molar-refractivity contribution in [1.29, 1.82) is 0 Å². The van der Waals surface area contributed by atoms with Crippen LogP contribution in [0.5, 0.6) is 11.6 Å². The highest BCUT2D eigenvalue weighted by Gasteiger charge is 2.20. The second-order valence-electron chi connectivity index (χ2n) is 7.20. The summed E-state index contributed by atoms with van der Waals surface area (Å²) in [4.78, 5) is 12.4. The SMILES string of the molecule is Cc1nn(-c2ccc(F)cc2)c(Oc2ccccc2)c1CCC(=O)Nc1ccccc1F. The van der Waals surface area contributed by atoms with Gasteiger partial charge in [-0.3, -0.25) is 4.79 Å². The largest absolute Gasteiger partial charge is 0.439 e. The molecule has 0 saturated heterocycles. The molecule has 0 bridgehead atoms. The summed E-state index contributed by atoms with van der Waals surface area (Å²) in [6.45, 7) is 1.82. The molecule has 162 valence electrons. The van der Waals surface area contributed by atoms with Crippen molar-refractivity contribution in [3.05, 3.63) is 102 Å². The maximum Gasteiger partial charge on any atom is 0.226 e. The Balaban J connectivity index is 1.61. The molecule has 1 N–H and O–H groups in total. The number of aromatic nitrogens is 2. The molecule has 0 atom stereocenters. The molecule has 32 heavy (non-hydrogen) atoms. The lowest BCUT2D eigenvalue weighted by atomic mass is 10.1. The lowest BCUT2D eigenvalue weighted by Gasteiger charge is -2.12. The van der Waals surface area contributed by atoms with Crippen LogP contribution in [0.2, 0.25) is 0 Å². The van der Waals surface area contributed by atoms with Crippen LogP contribution in [-0.2, 0) is 11.2 Å². The molecule has 0 aliphatic carbocycles. The first-order chi connectivity index (χ1) is 15.5. The maximum atomic E-state index is 13.8. The van der Waals surface area contributed by atoms with Crippen molar-refractivity contribution < 1.29 is 18.3 Å². The summed E-state index contributed by atoms with van der Waals surface area (Å²) < 4.78 is 35.0. The summed E-state index contributed by atoms with van der Waals surface area (Å²) in [5, 5.41) is 7.15. The predicted octanol–water partition coefficient (Wildman–Crippen LogP) is 5.82. The van der Waals surface area contributed by atoms with E-state index in [1.807, 2.05) is 37.3 Å². The van der Waals surface area contributed by atoms with Gasteiger partial charge >= 0.3 is 0 Å². The minimum atomic E-state index is -0.491. The minimum Gasteiger partial charge on any atom is -0.439 e. The van der Waals surface area contributed by atoms with Crippen LogP contribution in [0.1, 0.15) is 17.7 Å². The number of hydrogen-bond donors (Lipinski definition) is 1. The Bertz CT molecular complexity index is 1220. The highest BCUT2D eigenvalue weighted by atomic mass is 19.1. The molecule has 7 heteroatoms. The lowest BCUT2D eigenvalue weighted by Crippen LogP contribution is -2.13. The highest BCUT2D eigenvalue weighted by molar-refractivity contribution is 5.91. The van der Waals surface area contributed by atoms with Crippen LogP contribution in [0.25, 0.3) is 5.69 Å². The number of ether oxygens (including phenoxy) is 1. The van der Waals surface area contributed by atoms with Crippen LogP contribution in [0.4, 0.5) is 14.5 Å². The Morgan fingerprint density at radius 1 is 0.969 bits per heavy atom. The summed E-state index contributed by atoms with van der Waals surface area (Å²) in [6.07, 6.45) is 0.435. The number of rotatable bonds is 7. The molecule has 4 aromatic rings. The van der Waals surface area contributed by atoms with E-state index in [4.69, 9.17) is 4.74 Å². The van der Waals surface area contributed by atoms with Crippen molar-refractivity contribution in [2.24, 2.45) is 0 Å². The molecule has 0 spiro atoms. The summed E-state index contributed by atoms with van der Waals surface area (Å²) in [5.41, 5.74) is 2.18. The van der Waals surface area contributed by atoms with Gasteiger partial charge in [-0.25, -0.2) is 13.5 Å². The molecule has 4 rings (SSSR count). The number of anilines is 1.